The SMILES string of the molecule is CC(c1ccccc1F)N1Cc2ccc(-c3noc(C(F)(F)F)n3)cc2C1=O. The molecule has 0 spiro atoms. The number of nitrogens with zero attached hydrogens (tertiary/aromatic N) is 3. The van der Waals surface area contributed by atoms with E-state index in [1.807, 2.05) is 0 Å². The van der Waals surface area contributed by atoms with Crippen molar-refractivity contribution in [3.8, 4) is 11.4 Å². The number of amides is 1. The molecule has 0 aliphatic carbocycles. The first-order chi connectivity index (χ1) is 13.3. The van der Waals surface area contributed by atoms with Crippen LogP contribution in [0.3, 0.4) is 0 Å². The molecular formula is C19H13F4N3O2. The average molecular weight is 391 g/mol. The number of aromatic nitrogens is 2. The molecule has 5 nitrogen and oxygen atoms in total. The summed E-state index contributed by atoms with van der Waals surface area (Å²) in [4.78, 5) is 17.7. The van der Waals surface area contributed by atoms with E-state index in [-0.39, 0.29) is 23.8 Å². The first-order valence-corrected chi connectivity index (χ1v) is 8.35. The van der Waals surface area contributed by atoms with Crippen LogP contribution < -0.4 is 0 Å². The molecule has 1 aliphatic heterocycles. The number of hydrogen-bond donors (Lipinski definition) is 0. The maximum atomic E-state index is 14.1. The van der Waals surface area contributed by atoms with Crippen molar-refractivity contribution in [2.45, 2.75) is 25.7 Å². The van der Waals surface area contributed by atoms with Crippen molar-refractivity contribution >= 4 is 5.91 Å². The summed E-state index contributed by atoms with van der Waals surface area (Å²) in [6, 6.07) is 10.3. The topological polar surface area (TPSA) is 59.2 Å². The molecule has 0 radical (unpaired) electrons. The number of rotatable bonds is 3. The zero-order chi connectivity index (χ0) is 20.1. The molecule has 0 N–H and O–H groups in total. The highest BCUT2D eigenvalue weighted by Gasteiger charge is 2.39. The van der Waals surface area contributed by atoms with Crippen LogP contribution in [0.5, 0.6) is 0 Å². The van der Waals surface area contributed by atoms with Gasteiger partial charge in [-0.25, -0.2) is 4.39 Å². The molecule has 2 aromatic carbocycles. The number of fused-ring (bicyclic) bond motifs is 1. The van der Waals surface area contributed by atoms with Crippen molar-refractivity contribution in [1.82, 2.24) is 15.0 Å². The predicted molar refractivity (Wildman–Crippen MR) is 89.4 cm³/mol. The van der Waals surface area contributed by atoms with Crippen molar-refractivity contribution in [1.29, 1.82) is 0 Å². The molecule has 144 valence electrons. The Hall–Kier alpha value is -3.23. The third-order valence-electron chi connectivity index (χ3n) is 4.69. The van der Waals surface area contributed by atoms with Crippen LogP contribution >= 0.6 is 0 Å². The smallest absolute Gasteiger partial charge is 0.329 e. The van der Waals surface area contributed by atoms with Crippen LogP contribution in [0.2, 0.25) is 0 Å². The highest BCUT2D eigenvalue weighted by Crippen LogP contribution is 2.35. The van der Waals surface area contributed by atoms with E-state index in [9.17, 15) is 22.4 Å². The third-order valence-corrected chi connectivity index (χ3v) is 4.69. The van der Waals surface area contributed by atoms with E-state index in [0.717, 1.165) is 0 Å². The van der Waals surface area contributed by atoms with Gasteiger partial charge in [0.15, 0.2) is 0 Å². The summed E-state index contributed by atoms with van der Waals surface area (Å²) in [5.41, 5.74) is 1.62. The number of carbonyl (C=O) groups is 1. The highest BCUT2D eigenvalue weighted by molar-refractivity contribution is 5.99. The molecular weight excluding hydrogens is 378 g/mol. The summed E-state index contributed by atoms with van der Waals surface area (Å²) in [6.45, 7) is 1.99. The summed E-state index contributed by atoms with van der Waals surface area (Å²) >= 11 is 0. The second kappa shape index (κ2) is 6.43. The van der Waals surface area contributed by atoms with Gasteiger partial charge < -0.3 is 9.42 Å². The minimum Gasteiger partial charge on any atom is -0.329 e. The van der Waals surface area contributed by atoms with Crippen LogP contribution in [0.4, 0.5) is 17.6 Å². The molecule has 4 rings (SSSR count). The van der Waals surface area contributed by atoms with E-state index in [2.05, 4.69) is 14.7 Å². The molecule has 1 amide bonds. The molecule has 28 heavy (non-hydrogen) atoms. The van der Waals surface area contributed by atoms with Gasteiger partial charge in [-0.2, -0.15) is 18.2 Å². The molecule has 0 fully saturated rings. The van der Waals surface area contributed by atoms with E-state index >= 15 is 0 Å². The maximum absolute atomic E-state index is 14.1. The molecule has 1 unspecified atom stereocenters. The van der Waals surface area contributed by atoms with Gasteiger partial charge in [-0.05, 0) is 24.6 Å². The zero-order valence-electron chi connectivity index (χ0n) is 14.5. The molecule has 0 bridgehead atoms. The highest BCUT2D eigenvalue weighted by atomic mass is 19.4. The lowest BCUT2D eigenvalue weighted by atomic mass is 10.1. The Morgan fingerprint density at radius 1 is 1.18 bits per heavy atom. The Balaban J connectivity index is 1.64. The molecule has 0 saturated heterocycles. The Kier molecular flexibility index (Phi) is 4.17. The maximum Gasteiger partial charge on any atom is 0.471 e. The van der Waals surface area contributed by atoms with E-state index in [1.54, 1.807) is 31.2 Å². The van der Waals surface area contributed by atoms with Gasteiger partial charge in [0, 0.05) is 23.2 Å². The fraction of sp³-hybridized carbons (Fsp3) is 0.211. The molecule has 1 aromatic heterocycles. The first-order valence-electron chi connectivity index (χ1n) is 8.35. The Labute approximate surface area is 156 Å². The van der Waals surface area contributed by atoms with Gasteiger partial charge in [0.05, 0.1) is 6.04 Å². The van der Waals surface area contributed by atoms with Crippen molar-refractivity contribution in [2.24, 2.45) is 0 Å². The molecule has 3 aromatic rings. The van der Waals surface area contributed by atoms with Gasteiger partial charge in [0.25, 0.3) is 5.91 Å². The van der Waals surface area contributed by atoms with Crippen LogP contribution in [0.1, 0.15) is 40.3 Å². The normalized spacial score (nSPS) is 15.0. The van der Waals surface area contributed by atoms with E-state index in [4.69, 9.17) is 0 Å². The van der Waals surface area contributed by atoms with E-state index in [1.165, 1.54) is 23.1 Å². The lowest BCUT2D eigenvalue weighted by Gasteiger charge is -2.25. The minimum absolute atomic E-state index is 0.228. The minimum atomic E-state index is -4.75. The van der Waals surface area contributed by atoms with Crippen LogP contribution in [-0.4, -0.2) is 20.9 Å². The molecule has 1 aliphatic rings. The number of carbonyl (C=O) groups excluding carboxylic acids is 1. The average Bonchev–Trinajstić information content (AvgIpc) is 3.27. The van der Waals surface area contributed by atoms with Crippen LogP contribution in [0, 0.1) is 5.82 Å². The lowest BCUT2D eigenvalue weighted by molar-refractivity contribution is -0.159. The third kappa shape index (κ3) is 3.02. The van der Waals surface area contributed by atoms with E-state index < -0.39 is 23.9 Å². The lowest BCUT2D eigenvalue weighted by Crippen LogP contribution is -2.27. The van der Waals surface area contributed by atoms with Gasteiger partial charge >= 0.3 is 12.1 Å². The number of hydrogen-bond acceptors (Lipinski definition) is 4. The summed E-state index contributed by atoms with van der Waals surface area (Å²) in [6.07, 6.45) is -4.75. The fourth-order valence-electron chi connectivity index (χ4n) is 3.21. The number of alkyl halides is 3. The van der Waals surface area contributed by atoms with Gasteiger partial charge in [-0.3, -0.25) is 4.79 Å². The summed E-state index contributed by atoms with van der Waals surface area (Å²) < 4.78 is 56.2. The summed E-state index contributed by atoms with van der Waals surface area (Å²) in [7, 11) is 0. The van der Waals surface area contributed by atoms with Crippen LogP contribution in [0.15, 0.2) is 47.0 Å². The van der Waals surface area contributed by atoms with Crippen molar-refractivity contribution < 1.29 is 26.9 Å². The van der Waals surface area contributed by atoms with Crippen LogP contribution in [0.25, 0.3) is 11.4 Å². The van der Waals surface area contributed by atoms with Gasteiger partial charge in [0.1, 0.15) is 5.82 Å². The van der Waals surface area contributed by atoms with Gasteiger partial charge in [-0.15, -0.1) is 0 Å². The van der Waals surface area contributed by atoms with Crippen molar-refractivity contribution in [3.05, 3.63) is 70.9 Å². The quantitative estimate of drug-likeness (QED) is 0.612. The predicted octanol–water partition coefficient (Wildman–Crippen LogP) is 4.61. The van der Waals surface area contributed by atoms with Gasteiger partial charge in [0.2, 0.25) is 5.82 Å². The summed E-state index contributed by atoms with van der Waals surface area (Å²) in [5.74, 6) is -2.47. The second-order valence-electron chi connectivity index (χ2n) is 6.42. The van der Waals surface area contributed by atoms with Crippen molar-refractivity contribution in [2.75, 3.05) is 0 Å². The van der Waals surface area contributed by atoms with E-state index in [0.29, 0.717) is 16.7 Å². The molecule has 0 saturated carbocycles. The summed E-state index contributed by atoms with van der Waals surface area (Å²) in [5, 5.41) is 3.34. The molecule has 9 heteroatoms. The van der Waals surface area contributed by atoms with Gasteiger partial charge in [-0.1, -0.05) is 35.5 Å². The standard InChI is InChI=1S/C19H13F4N3O2/c1-10(13-4-2-3-5-15(13)20)26-9-12-7-6-11(8-14(12)17(26)27)16-24-18(28-25-16)19(21,22)23/h2-8,10H,9H2,1H3. The van der Waals surface area contributed by atoms with Crippen LogP contribution in [-0.2, 0) is 12.7 Å². The Bertz CT molecular complexity index is 1060. The fourth-order valence-corrected chi connectivity index (χ4v) is 3.21. The number of benzene rings is 2. The largest absolute Gasteiger partial charge is 0.471 e. The Morgan fingerprint density at radius 3 is 2.61 bits per heavy atom. The second-order valence-corrected chi connectivity index (χ2v) is 6.42. The monoisotopic (exact) mass is 391 g/mol. The molecule has 1 atom stereocenters. The van der Waals surface area contributed by atoms with Crippen molar-refractivity contribution in [3.63, 3.8) is 0 Å². The number of halogens is 4. The zero-order valence-corrected chi connectivity index (χ0v) is 14.5. The Morgan fingerprint density at radius 2 is 1.93 bits per heavy atom. The first kappa shape index (κ1) is 18.1. The molecule has 2 heterocycles.